The second kappa shape index (κ2) is 7.55. The molecule has 1 N–H and O–H groups in total. The minimum atomic E-state index is -0.596. The number of aliphatic hydroxyl groups excluding tert-OH is 1. The van der Waals surface area contributed by atoms with Gasteiger partial charge in [-0.2, -0.15) is 0 Å². The number of aliphatic hydroxyl groups is 1. The highest BCUT2D eigenvalue weighted by Gasteiger charge is 2.10. The highest BCUT2D eigenvalue weighted by Crippen LogP contribution is 2.29. The zero-order valence-corrected chi connectivity index (χ0v) is 12.3. The van der Waals surface area contributed by atoms with Gasteiger partial charge in [0.1, 0.15) is 30.5 Å². The first-order chi connectivity index (χ1) is 10.2. The van der Waals surface area contributed by atoms with Crippen LogP contribution in [0.2, 0.25) is 0 Å². The summed E-state index contributed by atoms with van der Waals surface area (Å²) in [5, 5.41) is 9.75. The average molecular weight is 288 g/mol. The lowest BCUT2D eigenvalue weighted by Gasteiger charge is -2.15. The summed E-state index contributed by atoms with van der Waals surface area (Å²) in [7, 11) is 1.60. The maximum absolute atomic E-state index is 9.75. The largest absolute Gasteiger partial charge is 0.497 e. The summed E-state index contributed by atoms with van der Waals surface area (Å²) in [6.45, 7) is 2.53. The predicted molar refractivity (Wildman–Crippen MR) is 81.1 cm³/mol. The molecule has 0 bridgehead atoms. The molecule has 0 saturated heterocycles. The lowest BCUT2D eigenvalue weighted by molar-refractivity contribution is 0.181. The number of rotatable bonds is 7. The van der Waals surface area contributed by atoms with Crippen molar-refractivity contribution < 1.29 is 19.3 Å². The molecule has 4 nitrogen and oxygen atoms in total. The molecule has 0 spiro atoms. The van der Waals surface area contributed by atoms with Crippen LogP contribution < -0.4 is 14.2 Å². The van der Waals surface area contributed by atoms with E-state index in [2.05, 4.69) is 0 Å². The summed E-state index contributed by atoms with van der Waals surface area (Å²) >= 11 is 0. The standard InChI is InChI=1S/C17H20O4/c1-13(18)16-9-8-15(19-2)12-17(16)21-11-10-20-14-6-4-3-5-7-14/h3-9,12-13,18H,10-11H2,1-2H3. The van der Waals surface area contributed by atoms with Crippen molar-refractivity contribution in [2.24, 2.45) is 0 Å². The van der Waals surface area contributed by atoms with E-state index < -0.39 is 6.10 Å². The molecule has 2 aromatic rings. The monoisotopic (exact) mass is 288 g/mol. The average Bonchev–Trinajstić information content (AvgIpc) is 2.52. The molecule has 1 atom stereocenters. The van der Waals surface area contributed by atoms with E-state index >= 15 is 0 Å². The Balaban J connectivity index is 1.92. The molecule has 2 aromatic carbocycles. The van der Waals surface area contributed by atoms with Crippen LogP contribution in [-0.4, -0.2) is 25.4 Å². The number of para-hydroxylation sites is 1. The molecule has 0 aliphatic heterocycles. The fourth-order valence-electron chi connectivity index (χ4n) is 1.94. The number of benzene rings is 2. The van der Waals surface area contributed by atoms with E-state index in [0.29, 0.717) is 24.7 Å². The van der Waals surface area contributed by atoms with Gasteiger partial charge < -0.3 is 19.3 Å². The van der Waals surface area contributed by atoms with Gasteiger partial charge in [-0.3, -0.25) is 0 Å². The van der Waals surface area contributed by atoms with E-state index in [1.807, 2.05) is 30.3 Å². The molecule has 0 fully saturated rings. The molecular formula is C17H20O4. The van der Waals surface area contributed by atoms with Crippen molar-refractivity contribution in [3.05, 3.63) is 54.1 Å². The van der Waals surface area contributed by atoms with Gasteiger partial charge in [0.25, 0.3) is 0 Å². The molecule has 2 rings (SSSR count). The Bertz CT molecular complexity index is 552. The first kappa shape index (κ1) is 15.2. The van der Waals surface area contributed by atoms with Gasteiger partial charge in [0.15, 0.2) is 0 Å². The van der Waals surface area contributed by atoms with E-state index in [-0.39, 0.29) is 0 Å². The Kier molecular flexibility index (Phi) is 5.46. The second-order valence-corrected chi connectivity index (χ2v) is 4.59. The van der Waals surface area contributed by atoms with Crippen LogP contribution >= 0.6 is 0 Å². The molecule has 112 valence electrons. The maximum Gasteiger partial charge on any atom is 0.128 e. The summed E-state index contributed by atoms with van der Waals surface area (Å²) < 4.78 is 16.4. The van der Waals surface area contributed by atoms with Crippen LogP contribution in [0.5, 0.6) is 17.2 Å². The van der Waals surface area contributed by atoms with E-state index in [1.165, 1.54) is 0 Å². The maximum atomic E-state index is 9.75. The van der Waals surface area contributed by atoms with Crippen LogP contribution in [-0.2, 0) is 0 Å². The van der Waals surface area contributed by atoms with Gasteiger partial charge in [0.05, 0.1) is 13.2 Å². The van der Waals surface area contributed by atoms with E-state index in [1.54, 1.807) is 32.2 Å². The number of ether oxygens (including phenoxy) is 3. The second-order valence-electron chi connectivity index (χ2n) is 4.59. The van der Waals surface area contributed by atoms with Gasteiger partial charge in [-0.05, 0) is 31.2 Å². The predicted octanol–water partition coefficient (Wildman–Crippen LogP) is 3.21. The molecule has 0 aromatic heterocycles. The lowest BCUT2D eigenvalue weighted by atomic mass is 10.1. The van der Waals surface area contributed by atoms with Crippen molar-refractivity contribution in [3.63, 3.8) is 0 Å². The summed E-state index contributed by atoms with van der Waals surface area (Å²) in [6, 6.07) is 14.9. The Hall–Kier alpha value is -2.20. The van der Waals surface area contributed by atoms with E-state index in [4.69, 9.17) is 14.2 Å². The molecule has 0 aliphatic rings. The SMILES string of the molecule is COc1ccc(C(C)O)c(OCCOc2ccccc2)c1. The molecular weight excluding hydrogens is 268 g/mol. The normalized spacial score (nSPS) is 11.8. The summed E-state index contributed by atoms with van der Waals surface area (Å²) in [5.41, 5.74) is 0.732. The molecule has 0 aliphatic carbocycles. The topological polar surface area (TPSA) is 47.9 Å². The highest BCUT2D eigenvalue weighted by molar-refractivity contribution is 5.41. The Morgan fingerprint density at radius 2 is 1.67 bits per heavy atom. The van der Waals surface area contributed by atoms with Gasteiger partial charge in [0.2, 0.25) is 0 Å². The van der Waals surface area contributed by atoms with Crippen molar-refractivity contribution in [2.75, 3.05) is 20.3 Å². The summed E-state index contributed by atoms with van der Waals surface area (Å²) in [6.07, 6.45) is -0.596. The zero-order chi connectivity index (χ0) is 15.1. The number of hydrogen-bond donors (Lipinski definition) is 1. The third kappa shape index (κ3) is 4.39. The number of methoxy groups -OCH3 is 1. The van der Waals surface area contributed by atoms with Crippen LogP contribution in [0.1, 0.15) is 18.6 Å². The molecule has 21 heavy (non-hydrogen) atoms. The molecule has 0 saturated carbocycles. The Morgan fingerprint density at radius 3 is 2.33 bits per heavy atom. The van der Waals surface area contributed by atoms with Gasteiger partial charge in [0, 0.05) is 11.6 Å². The van der Waals surface area contributed by atoms with Gasteiger partial charge >= 0.3 is 0 Å². The van der Waals surface area contributed by atoms with Crippen LogP contribution in [0.15, 0.2) is 48.5 Å². The Morgan fingerprint density at radius 1 is 0.952 bits per heavy atom. The van der Waals surface area contributed by atoms with Crippen LogP contribution in [0.4, 0.5) is 0 Å². The smallest absolute Gasteiger partial charge is 0.128 e. The van der Waals surface area contributed by atoms with Crippen LogP contribution in [0, 0.1) is 0 Å². The first-order valence-electron chi connectivity index (χ1n) is 6.87. The zero-order valence-electron chi connectivity index (χ0n) is 12.3. The Labute approximate surface area is 124 Å². The molecule has 1 unspecified atom stereocenters. The fraction of sp³-hybridized carbons (Fsp3) is 0.294. The minimum absolute atomic E-state index is 0.391. The van der Waals surface area contributed by atoms with Crippen LogP contribution in [0.25, 0.3) is 0 Å². The molecule has 0 radical (unpaired) electrons. The van der Waals surface area contributed by atoms with Gasteiger partial charge in [-0.25, -0.2) is 0 Å². The molecule has 0 amide bonds. The van der Waals surface area contributed by atoms with Crippen molar-refractivity contribution in [1.29, 1.82) is 0 Å². The highest BCUT2D eigenvalue weighted by atomic mass is 16.5. The lowest BCUT2D eigenvalue weighted by Crippen LogP contribution is -2.10. The van der Waals surface area contributed by atoms with Crippen molar-refractivity contribution in [3.8, 4) is 17.2 Å². The van der Waals surface area contributed by atoms with Crippen LogP contribution in [0.3, 0.4) is 0 Å². The minimum Gasteiger partial charge on any atom is -0.497 e. The van der Waals surface area contributed by atoms with Gasteiger partial charge in [-0.1, -0.05) is 18.2 Å². The fourth-order valence-corrected chi connectivity index (χ4v) is 1.94. The van der Waals surface area contributed by atoms with Crippen molar-refractivity contribution in [1.82, 2.24) is 0 Å². The third-order valence-electron chi connectivity index (χ3n) is 3.02. The molecule has 0 heterocycles. The summed E-state index contributed by atoms with van der Waals surface area (Å²) in [4.78, 5) is 0. The van der Waals surface area contributed by atoms with E-state index in [9.17, 15) is 5.11 Å². The first-order valence-corrected chi connectivity index (χ1v) is 6.87. The van der Waals surface area contributed by atoms with E-state index in [0.717, 1.165) is 11.3 Å². The third-order valence-corrected chi connectivity index (χ3v) is 3.02. The number of hydrogen-bond acceptors (Lipinski definition) is 4. The van der Waals surface area contributed by atoms with Crippen molar-refractivity contribution >= 4 is 0 Å². The summed E-state index contributed by atoms with van der Waals surface area (Å²) in [5.74, 6) is 2.11. The van der Waals surface area contributed by atoms with Gasteiger partial charge in [-0.15, -0.1) is 0 Å². The molecule has 4 heteroatoms. The quantitative estimate of drug-likeness (QED) is 0.795. The van der Waals surface area contributed by atoms with Crippen molar-refractivity contribution in [2.45, 2.75) is 13.0 Å².